The summed E-state index contributed by atoms with van der Waals surface area (Å²) in [6, 6.07) is 3.68. The van der Waals surface area contributed by atoms with E-state index >= 15 is 0 Å². The minimum atomic E-state index is -1.79. The summed E-state index contributed by atoms with van der Waals surface area (Å²) in [4.78, 5) is 24.2. The Morgan fingerprint density at radius 1 is 0.850 bits per heavy atom. The van der Waals surface area contributed by atoms with E-state index in [0.717, 1.165) is 38.1 Å². The Hall–Kier alpha value is -0.216. The van der Waals surface area contributed by atoms with Gasteiger partial charge in [-0.25, -0.2) is 9.78 Å². The Morgan fingerprint density at radius 2 is 1.48 bits per heavy atom. The number of unbranched alkanes of at least 4 members (excludes halogenated alkanes) is 1. The highest BCUT2D eigenvalue weighted by Crippen LogP contribution is 2.38. The third-order valence-corrected chi connectivity index (χ3v) is 14.4. The van der Waals surface area contributed by atoms with Gasteiger partial charge in [0.2, 0.25) is 0 Å². The molecule has 0 radical (unpaired) electrons. The molecule has 2 atom stereocenters. The van der Waals surface area contributed by atoms with Crippen LogP contribution in [0.3, 0.4) is 0 Å². The number of hydrogen-bond donors (Lipinski definition) is 0. The molecule has 40 heavy (non-hydrogen) atoms. The summed E-state index contributed by atoms with van der Waals surface area (Å²) < 4.78 is 12.4. The molecule has 0 N–H and O–H groups in total. The molecule has 0 aliphatic heterocycles. The molecule has 0 amide bonds. The molecule has 0 saturated carbocycles. The van der Waals surface area contributed by atoms with Gasteiger partial charge >= 0.3 is 5.97 Å². The fraction of sp³-hybridized carbons (Fsp3) is 0.970. The smallest absolute Gasteiger partial charge is 0.311 e. The lowest BCUT2D eigenvalue weighted by Gasteiger charge is -2.39. The van der Waals surface area contributed by atoms with E-state index in [9.17, 15) is 4.79 Å². The Bertz CT molecular complexity index is 705. The van der Waals surface area contributed by atoms with E-state index in [2.05, 4.69) is 95.4 Å². The summed E-state index contributed by atoms with van der Waals surface area (Å²) in [7, 11) is -3.03. The molecule has 0 aromatic heterocycles. The van der Waals surface area contributed by atoms with Crippen molar-refractivity contribution in [3.8, 4) is 0 Å². The predicted octanol–water partition coefficient (Wildman–Crippen LogP) is 10.3. The number of carbonyl (C=O) groups is 1. The zero-order chi connectivity index (χ0) is 31.3. The highest BCUT2D eigenvalue weighted by molar-refractivity contribution is 6.77. The maximum Gasteiger partial charge on any atom is 0.311 e. The molecule has 0 aliphatic carbocycles. The van der Waals surface area contributed by atoms with Crippen LogP contribution in [0.15, 0.2) is 0 Å². The summed E-state index contributed by atoms with van der Waals surface area (Å²) in [5.74, 6) is 0.725. The normalized spacial score (nSPS) is 15.8. The standard InChI is InChI=1S/C33H70O5Si2/c1-15-18-21-39(11,12)27-32(8,9)38-40(13,14)22-19-20-36-37-26-31(6,7)23-29(16-2)24-33(10,17-3)30(34)35-25-28(4)5/h28-29H,15-27H2,1-14H3. The lowest BCUT2D eigenvalue weighted by atomic mass is 9.72. The number of rotatable bonds is 23. The van der Waals surface area contributed by atoms with Crippen LogP contribution in [0.2, 0.25) is 44.3 Å². The largest absolute Gasteiger partial charge is 0.465 e. The zero-order valence-corrected chi connectivity index (χ0v) is 31.4. The van der Waals surface area contributed by atoms with Gasteiger partial charge in [0.05, 0.1) is 33.3 Å². The van der Waals surface area contributed by atoms with Gasteiger partial charge < -0.3 is 9.16 Å². The van der Waals surface area contributed by atoms with Crippen LogP contribution in [0.1, 0.15) is 114 Å². The van der Waals surface area contributed by atoms with Crippen LogP contribution >= 0.6 is 0 Å². The van der Waals surface area contributed by atoms with E-state index in [1.54, 1.807) is 0 Å². The molecule has 240 valence electrons. The highest BCUT2D eigenvalue weighted by atomic mass is 28.4. The molecule has 0 heterocycles. The minimum absolute atomic E-state index is 0.0349. The molecule has 0 aromatic carbocycles. The monoisotopic (exact) mass is 602 g/mol. The summed E-state index contributed by atoms with van der Waals surface area (Å²) in [6.45, 7) is 33.2. The van der Waals surface area contributed by atoms with Crippen molar-refractivity contribution < 1.29 is 23.7 Å². The van der Waals surface area contributed by atoms with Gasteiger partial charge in [0.1, 0.15) is 0 Å². The average Bonchev–Trinajstić information content (AvgIpc) is 2.81. The van der Waals surface area contributed by atoms with Crippen molar-refractivity contribution in [3.05, 3.63) is 0 Å². The summed E-state index contributed by atoms with van der Waals surface area (Å²) in [5.41, 5.74) is -0.522. The topological polar surface area (TPSA) is 54.0 Å². The second-order valence-corrected chi connectivity index (χ2v) is 25.4. The fourth-order valence-electron chi connectivity index (χ4n) is 6.18. The maximum atomic E-state index is 12.9. The first-order valence-electron chi connectivity index (χ1n) is 16.3. The van der Waals surface area contributed by atoms with E-state index in [1.165, 1.54) is 24.9 Å². The molecule has 0 rings (SSSR count). The summed E-state index contributed by atoms with van der Waals surface area (Å²) in [6.07, 6.45) is 7.23. The van der Waals surface area contributed by atoms with Crippen molar-refractivity contribution in [2.75, 3.05) is 19.8 Å². The van der Waals surface area contributed by atoms with Crippen molar-refractivity contribution in [1.82, 2.24) is 0 Å². The van der Waals surface area contributed by atoms with Gasteiger partial charge in [0, 0.05) is 5.60 Å². The van der Waals surface area contributed by atoms with Crippen molar-refractivity contribution in [1.29, 1.82) is 0 Å². The third kappa shape index (κ3) is 17.7. The first-order valence-corrected chi connectivity index (χ1v) is 22.9. The molecule has 0 bridgehead atoms. The quantitative estimate of drug-likeness (QED) is 0.0383. The van der Waals surface area contributed by atoms with E-state index in [4.69, 9.17) is 18.9 Å². The molecule has 0 spiro atoms. The highest BCUT2D eigenvalue weighted by Gasteiger charge is 2.38. The Morgan fingerprint density at radius 3 is 2.00 bits per heavy atom. The van der Waals surface area contributed by atoms with Gasteiger partial charge in [-0.2, -0.15) is 0 Å². The van der Waals surface area contributed by atoms with Crippen molar-refractivity contribution in [2.45, 2.75) is 164 Å². The molecule has 0 saturated heterocycles. The van der Waals surface area contributed by atoms with Crippen LogP contribution < -0.4 is 0 Å². The maximum absolute atomic E-state index is 12.9. The molecule has 0 aliphatic rings. The Kier molecular flexibility index (Phi) is 17.7. The summed E-state index contributed by atoms with van der Waals surface area (Å²) >= 11 is 0. The third-order valence-electron chi connectivity index (χ3n) is 8.18. The number of ether oxygens (including phenoxy) is 1. The van der Waals surface area contributed by atoms with Gasteiger partial charge in [-0.1, -0.05) is 86.9 Å². The van der Waals surface area contributed by atoms with Crippen LogP contribution in [0.4, 0.5) is 0 Å². The van der Waals surface area contributed by atoms with Crippen molar-refractivity contribution in [3.63, 3.8) is 0 Å². The summed E-state index contributed by atoms with van der Waals surface area (Å²) in [5, 5.41) is 0. The van der Waals surface area contributed by atoms with Gasteiger partial charge in [-0.3, -0.25) is 4.79 Å². The zero-order valence-electron chi connectivity index (χ0n) is 29.4. The predicted molar refractivity (Wildman–Crippen MR) is 177 cm³/mol. The van der Waals surface area contributed by atoms with Gasteiger partial charge in [-0.05, 0) is 88.9 Å². The van der Waals surface area contributed by atoms with E-state index < -0.39 is 21.8 Å². The minimum Gasteiger partial charge on any atom is -0.465 e. The molecular formula is C33H70O5Si2. The van der Waals surface area contributed by atoms with Crippen molar-refractivity contribution in [2.24, 2.45) is 22.7 Å². The Labute approximate surface area is 252 Å². The first kappa shape index (κ1) is 39.8. The molecule has 0 fully saturated rings. The van der Waals surface area contributed by atoms with Crippen LogP contribution in [0.25, 0.3) is 0 Å². The van der Waals surface area contributed by atoms with E-state index in [1.807, 2.05) is 0 Å². The van der Waals surface area contributed by atoms with E-state index in [-0.39, 0.29) is 17.0 Å². The molecule has 5 nitrogen and oxygen atoms in total. The second kappa shape index (κ2) is 17.8. The number of esters is 1. The molecule has 0 aromatic rings. The molecule has 2 unspecified atom stereocenters. The lowest BCUT2D eigenvalue weighted by molar-refractivity contribution is -0.308. The lowest BCUT2D eigenvalue weighted by Crippen LogP contribution is -2.45. The SMILES string of the molecule is CCCC[Si](C)(C)CC(C)(C)O[Si](C)(C)CCCOOCC(C)(C)CC(CC)CC(C)(CC)C(=O)OCC(C)C. The number of hydrogen-bond acceptors (Lipinski definition) is 5. The Balaban J connectivity index is 4.62. The van der Waals surface area contributed by atoms with Crippen LogP contribution in [-0.4, -0.2) is 47.8 Å². The molecular weight excluding hydrogens is 533 g/mol. The van der Waals surface area contributed by atoms with E-state index in [0.29, 0.717) is 31.7 Å². The fourth-order valence-corrected chi connectivity index (χ4v) is 12.8. The van der Waals surface area contributed by atoms with Gasteiger partial charge in [0.25, 0.3) is 0 Å². The average molecular weight is 603 g/mol. The van der Waals surface area contributed by atoms with Gasteiger partial charge in [-0.15, -0.1) is 0 Å². The van der Waals surface area contributed by atoms with Gasteiger partial charge in [0.15, 0.2) is 8.32 Å². The van der Waals surface area contributed by atoms with Crippen LogP contribution in [0.5, 0.6) is 0 Å². The first-order chi connectivity index (χ1) is 18.2. The van der Waals surface area contributed by atoms with Crippen LogP contribution in [0, 0.1) is 22.7 Å². The molecule has 7 heteroatoms. The van der Waals surface area contributed by atoms with Crippen LogP contribution in [-0.2, 0) is 23.7 Å². The van der Waals surface area contributed by atoms with Crippen molar-refractivity contribution >= 4 is 22.4 Å². The second-order valence-electron chi connectivity index (χ2n) is 16.0. The number of carbonyl (C=O) groups excluding carboxylic acids is 1.